The van der Waals surface area contributed by atoms with E-state index in [0.717, 1.165) is 15.8 Å². The topological polar surface area (TPSA) is 0 Å². The summed E-state index contributed by atoms with van der Waals surface area (Å²) in [5.41, 5.74) is 3.35. The molecular formula is C18H21Al3. The van der Waals surface area contributed by atoms with Crippen LogP contribution in [-0.4, -0.2) is 52.1 Å². The predicted octanol–water partition coefficient (Wildman–Crippen LogP) is 0.915. The van der Waals surface area contributed by atoms with Crippen molar-refractivity contribution in [1.82, 2.24) is 0 Å². The van der Waals surface area contributed by atoms with Crippen LogP contribution >= 0.6 is 0 Å². The highest BCUT2D eigenvalue weighted by atomic mass is 27.0. The van der Waals surface area contributed by atoms with Crippen molar-refractivity contribution in [3.8, 4) is 0 Å². The van der Waals surface area contributed by atoms with Crippen molar-refractivity contribution in [2.24, 2.45) is 0 Å². The minimum atomic E-state index is 0. The lowest BCUT2D eigenvalue weighted by Gasteiger charge is -2.06. The largest absolute Gasteiger partial charge is 0.265 e. The van der Waals surface area contributed by atoms with Crippen molar-refractivity contribution in [2.45, 2.75) is 0 Å². The van der Waals surface area contributed by atoms with Crippen LogP contribution in [0.15, 0.2) is 36.4 Å². The number of rotatable bonds is 0. The van der Waals surface area contributed by atoms with Gasteiger partial charge < -0.3 is 0 Å². The molecule has 0 N–H and O–H groups in total. The van der Waals surface area contributed by atoms with Crippen LogP contribution in [0, 0.1) is 12.5 Å². The average Bonchev–Trinajstić information content (AvgIpc) is 2.48. The number of fused-ring (bicyclic) bond motifs is 6. The van der Waals surface area contributed by atoms with E-state index in [1.54, 1.807) is 0 Å². The van der Waals surface area contributed by atoms with Gasteiger partial charge in [-0.3, -0.25) is 5.73 Å². The second kappa shape index (κ2) is 7.37. The lowest BCUT2D eigenvalue weighted by atomic mass is 9.97. The van der Waals surface area contributed by atoms with Crippen LogP contribution in [0.3, 0.4) is 0 Å². The van der Waals surface area contributed by atoms with Gasteiger partial charge in [0.05, 0.1) is 16.7 Å². The molecule has 0 bridgehead atoms. The first-order valence-corrected chi connectivity index (χ1v) is 5.98. The summed E-state index contributed by atoms with van der Waals surface area (Å²) in [5.74, 6) is 0. The molecule has 0 fully saturated rings. The molecule has 2 aromatic carbocycles. The maximum Gasteiger partial charge on any atom is 0.161 e. The van der Waals surface area contributed by atoms with E-state index in [4.69, 9.17) is 0 Å². The zero-order valence-electron chi connectivity index (χ0n) is 11.4. The molecular weight excluding hydrogens is 297 g/mol. The third kappa shape index (κ3) is 2.86. The van der Waals surface area contributed by atoms with Gasteiger partial charge in [-0.15, -0.1) is 6.08 Å². The van der Waals surface area contributed by atoms with Crippen LogP contribution in [0.4, 0.5) is 0 Å². The highest BCUT2D eigenvalue weighted by molar-refractivity contribution is 5.86. The molecule has 0 aromatic heterocycles. The fourth-order valence-corrected chi connectivity index (χ4v) is 2.60. The van der Waals surface area contributed by atoms with Crippen LogP contribution in [0.1, 0.15) is 8.56 Å². The Morgan fingerprint density at radius 1 is 1.14 bits per heavy atom. The Balaban J connectivity index is -0.000000122. The third-order valence-corrected chi connectivity index (χ3v) is 3.38. The second-order valence-corrected chi connectivity index (χ2v) is 4.38. The molecule has 21 heavy (non-hydrogen) atoms. The SMILES string of the molecule is C1=C[CH-]C=c2c=1c1c(c3ccc[c]c23)=[C+]C=CC=1.[Al].[Al].[Al].[HH].[HH].[HH].[HH].[HH].[HH]. The second-order valence-electron chi connectivity index (χ2n) is 4.38. The Hall–Kier alpha value is -0.923. The van der Waals surface area contributed by atoms with Crippen LogP contribution in [0.2, 0.25) is 0 Å². The van der Waals surface area contributed by atoms with Crippen molar-refractivity contribution in [2.75, 3.05) is 0 Å². The van der Waals surface area contributed by atoms with Crippen molar-refractivity contribution >= 4 is 86.8 Å². The molecule has 0 unspecified atom stereocenters. The summed E-state index contributed by atoms with van der Waals surface area (Å²) < 4.78 is 0. The van der Waals surface area contributed by atoms with Crippen molar-refractivity contribution < 1.29 is 8.56 Å². The van der Waals surface area contributed by atoms with Gasteiger partial charge in [0.2, 0.25) is 0 Å². The molecule has 3 heteroatoms. The quantitative estimate of drug-likeness (QED) is 0.500. The maximum absolute atomic E-state index is 3.35. The monoisotopic (exact) mass is 318 g/mol. The van der Waals surface area contributed by atoms with Gasteiger partial charge in [0.1, 0.15) is 0 Å². The van der Waals surface area contributed by atoms with Crippen molar-refractivity contribution in [3.63, 3.8) is 0 Å². The summed E-state index contributed by atoms with van der Waals surface area (Å²) >= 11 is 0. The van der Waals surface area contributed by atoms with E-state index in [1.165, 1.54) is 15.8 Å². The van der Waals surface area contributed by atoms with Crippen LogP contribution < -0.4 is 20.9 Å². The van der Waals surface area contributed by atoms with E-state index < -0.39 is 0 Å². The van der Waals surface area contributed by atoms with E-state index in [1.807, 2.05) is 36.8 Å². The molecule has 2 aliphatic rings. The summed E-state index contributed by atoms with van der Waals surface area (Å²) in [6.45, 7) is 0. The Morgan fingerprint density at radius 3 is 2.86 bits per heavy atom. The fourth-order valence-electron chi connectivity index (χ4n) is 2.60. The van der Waals surface area contributed by atoms with Gasteiger partial charge in [0, 0.05) is 78.9 Å². The first kappa shape index (κ1) is 18.1. The van der Waals surface area contributed by atoms with Crippen LogP contribution in [-0.2, 0) is 0 Å². The zero-order valence-corrected chi connectivity index (χ0v) is 14.9. The standard InChI is InChI=1S/C18H9.3Al.6H2/c1-2-8-14-13(7-1)15-9-3-4-11-17(15)18-12-6-5-10-16(14)18;;;;;;;;;/h1-7,10-11H;;;;6*1H. The molecule has 102 valence electrons. The number of benzene rings is 2. The van der Waals surface area contributed by atoms with E-state index >= 15 is 0 Å². The minimum Gasteiger partial charge on any atom is -0.265 e. The Morgan fingerprint density at radius 2 is 2.00 bits per heavy atom. The Labute approximate surface area is 164 Å². The van der Waals surface area contributed by atoms with Gasteiger partial charge in [-0.05, 0) is 22.7 Å². The normalized spacial score (nSPS) is 12.0. The highest BCUT2D eigenvalue weighted by Crippen LogP contribution is 2.02. The van der Waals surface area contributed by atoms with Gasteiger partial charge in [-0.2, -0.15) is 12.5 Å². The maximum atomic E-state index is 3.35. The third-order valence-electron chi connectivity index (χ3n) is 3.38. The molecule has 0 saturated carbocycles. The lowest BCUT2D eigenvalue weighted by Crippen LogP contribution is -2.49. The summed E-state index contributed by atoms with van der Waals surface area (Å²) in [6, 6.07) is 9.47. The molecule has 0 atom stereocenters. The molecule has 0 nitrogen and oxygen atoms in total. The predicted molar refractivity (Wildman–Crippen MR) is 105 cm³/mol. The summed E-state index contributed by atoms with van der Waals surface area (Å²) in [6.07, 6.45) is 15.6. The summed E-state index contributed by atoms with van der Waals surface area (Å²) in [7, 11) is 0. The van der Waals surface area contributed by atoms with E-state index in [-0.39, 0.29) is 60.6 Å². The fraction of sp³-hybridized carbons (Fsp3) is 0. The van der Waals surface area contributed by atoms with Crippen LogP contribution in [0.25, 0.3) is 34.7 Å². The van der Waals surface area contributed by atoms with Gasteiger partial charge >= 0.3 is 0 Å². The number of allylic oxidation sites excluding steroid dienone is 3. The molecule has 10 radical (unpaired) electrons. The van der Waals surface area contributed by atoms with Gasteiger partial charge in [-0.1, -0.05) is 17.4 Å². The molecule has 2 aliphatic carbocycles. The molecule has 0 aliphatic heterocycles. The van der Waals surface area contributed by atoms with Gasteiger partial charge in [-0.25, -0.2) is 0 Å². The smallest absolute Gasteiger partial charge is 0.161 e. The first-order valence-electron chi connectivity index (χ1n) is 5.98. The van der Waals surface area contributed by atoms with Gasteiger partial charge in [0.25, 0.3) is 0 Å². The summed E-state index contributed by atoms with van der Waals surface area (Å²) in [4.78, 5) is 0. The van der Waals surface area contributed by atoms with E-state index in [0.29, 0.717) is 0 Å². The number of hydrogen-bond acceptors (Lipinski definition) is 0. The van der Waals surface area contributed by atoms with Gasteiger partial charge in [0.15, 0.2) is 5.22 Å². The summed E-state index contributed by atoms with van der Waals surface area (Å²) in [5, 5.41) is 7.08. The van der Waals surface area contributed by atoms with E-state index in [9.17, 15) is 0 Å². The Bertz CT molecular complexity index is 996. The van der Waals surface area contributed by atoms with Crippen molar-refractivity contribution in [3.05, 3.63) is 69.8 Å². The first-order chi connectivity index (χ1) is 8.95. The molecule has 0 spiro atoms. The molecule has 0 saturated heterocycles. The van der Waals surface area contributed by atoms with Crippen molar-refractivity contribution in [1.29, 1.82) is 0 Å². The molecule has 0 heterocycles. The molecule has 4 rings (SSSR count). The highest BCUT2D eigenvalue weighted by Gasteiger charge is 2.06. The molecule has 0 amide bonds. The minimum absolute atomic E-state index is 0. The average molecular weight is 318 g/mol. The van der Waals surface area contributed by atoms with E-state index in [2.05, 4.69) is 36.1 Å². The van der Waals surface area contributed by atoms with Crippen LogP contribution in [0.5, 0.6) is 0 Å². The zero-order chi connectivity index (χ0) is 11.9. The molecule has 2 aromatic rings. The Kier molecular flexibility index (Phi) is 6.36. The number of hydrogen-bond donors (Lipinski definition) is 0. The lowest BCUT2D eigenvalue weighted by molar-refractivity contribution is 1.44.